The molecule has 0 aliphatic carbocycles. The topological polar surface area (TPSA) is 32.7 Å². The van der Waals surface area contributed by atoms with Crippen LogP contribution in [0.4, 0.5) is 0 Å². The number of para-hydroxylation sites is 1. The zero-order valence-electron chi connectivity index (χ0n) is 12.3. The Morgan fingerprint density at radius 2 is 1.90 bits per heavy atom. The predicted molar refractivity (Wildman–Crippen MR) is 83.4 cm³/mol. The van der Waals surface area contributed by atoms with Crippen LogP contribution in [0.25, 0.3) is 0 Å². The first-order chi connectivity index (χ1) is 10.2. The van der Waals surface area contributed by atoms with Crippen LogP contribution in [0, 0.1) is 6.92 Å². The van der Waals surface area contributed by atoms with E-state index in [1.165, 1.54) is 5.56 Å². The monoisotopic (exact) mass is 283 g/mol. The van der Waals surface area contributed by atoms with Gasteiger partial charge in [-0.25, -0.2) is 0 Å². The van der Waals surface area contributed by atoms with E-state index in [0.717, 1.165) is 30.0 Å². The average molecular weight is 283 g/mol. The number of hydrogen-bond acceptors (Lipinski definition) is 3. The van der Waals surface area contributed by atoms with Crippen molar-refractivity contribution in [3.63, 3.8) is 0 Å². The van der Waals surface area contributed by atoms with E-state index in [2.05, 4.69) is 11.0 Å². The average Bonchev–Trinajstić information content (AvgIpc) is 2.69. The smallest absolute Gasteiger partial charge is 0.123 e. The summed E-state index contributed by atoms with van der Waals surface area (Å²) in [6.45, 7) is 4.98. The standard InChI is InChI=1S/C18H21NO2/c1-14-6-2-4-8-16(14)17(20)13-19-10-11-21-18-9-5-3-7-15(18)12-19/h2-9,17,20H,10-13H2,1H3. The Hall–Kier alpha value is -1.84. The lowest BCUT2D eigenvalue weighted by molar-refractivity contribution is 0.104. The third-order valence-electron chi connectivity index (χ3n) is 4.01. The van der Waals surface area contributed by atoms with Crippen molar-refractivity contribution >= 4 is 0 Å². The second kappa shape index (κ2) is 6.29. The van der Waals surface area contributed by atoms with Crippen LogP contribution in [0.5, 0.6) is 5.75 Å². The van der Waals surface area contributed by atoms with Crippen molar-refractivity contribution in [2.24, 2.45) is 0 Å². The van der Waals surface area contributed by atoms with E-state index in [9.17, 15) is 5.11 Å². The van der Waals surface area contributed by atoms with Gasteiger partial charge in [0, 0.05) is 25.2 Å². The summed E-state index contributed by atoms with van der Waals surface area (Å²) in [5, 5.41) is 10.5. The lowest BCUT2D eigenvalue weighted by Crippen LogP contribution is -2.30. The molecular formula is C18H21NO2. The van der Waals surface area contributed by atoms with Crippen LogP contribution in [0.2, 0.25) is 0 Å². The summed E-state index contributed by atoms with van der Waals surface area (Å²) in [5.41, 5.74) is 3.33. The normalized spacial score (nSPS) is 16.7. The molecule has 0 saturated carbocycles. The Balaban J connectivity index is 1.72. The van der Waals surface area contributed by atoms with Gasteiger partial charge in [0.15, 0.2) is 0 Å². The maximum absolute atomic E-state index is 10.5. The van der Waals surface area contributed by atoms with E-state index < -0.39 is 6.10 Å². The number of nitrogens with zero attached hydrogens (tertiary/aromatic N) is 1. The van der Waals surface area contributed by atoms with Crippen molar-refractivity contribution in [1.82, 2.24) is 4.90 Å². The molecule has 2 aromatic carbocycles. The van der Waals surface area contributed by atoms with E-state index in [1.807, 2.05) is 49.4 Å². The molecule has 0 aromatic heterocycles. The minimum Gasteiger partial charge on any atom is -0.492 e. The van der Waals surface area contributed by atoms with Crippen molar-refractivity contribution in [3.8, 4) is 5.75 Å². The van der Waals surface area contributed by atoms with E-state index in [0.29, 0.717) is 13.2 Å². The number of β-amino-alcohol motifs (C(OH)–C–C–N with tert-alkyl or cyclic N) is 1. The van der Waals surface area contributed by atoms with Gasteiger partial charge in [-0.15, -0.1) is 0 Å². The van der Waals surface area contributed by atoms with Crippen molar-refractivity contribution < 1.29 is 9.84 Å². The predicted octanol–water partition coefficient (Wildman–Crippen LogP) is 2.92. The van der Waals surface area contributed by atoms with Gasteiger partial charge < -0.3 is 9.84 Å². The third-order valence-corrected chi connectivity index (χ3v) is 4.01. The Morgan fingerprint density at radius 1 is 1.14 bits per heavy atom. The van der Waals surface area contributed by atoms with Crippen LogP contribution >= 0.6 is 0 Å². The van der Waals surface area contributed by atoms with Crippen molar-refractivity contribution in [3.05, 3.63) is 65.2 Å². The summed E-state index contributed by atoms with van der Waals surface area (Å²) in [7, 11) is 0. The zero-order valence-corrected chi connectivity index (χ0v) is 12.3. The van der Waals surface area contributed by atoms with E-state index in [-0.39, 0.29) is 0 Å². The fourth-order valence-electron chi connectivity index (χ4n) is 2.84. The van der Waals surface area contributed by atoms with Crippen LogP contribution in [-0.4, -0.2) is 29.7 Å². The van der Waals surface area contributed by atoms with Gasteiger partial charge in [0.05, 0.1) is 6.10 Å². The third kappa shape index (κ3) is 3.26. The molecule has 0 amide bonds. The SMILES string of the molecule is Cc1ccccc1C(O)CN1CCOc2ccccc2C1. The van der Waals surface area contributed by atoms with Gasteiger partial charge in [0.25, 0.3) is 0 Å². The van der Waals surface area contributed by atoms with Gasteiger partial charge in [-0.05, 0) is 24.1 Å². The zero-order chi connectivity index (χ0) is 14.7. The molecule has 0 radical (unpaired) electrons. The van der Waals surface area contributed by atoms with Crippen LogP contribution in [0.3, 0.4) is 0 Å². The molecule has 0 fully saturated rings. The van der Waals surface area contributed by atoms with Crippen molar-refractivity contribution in [2.75, 3.05) is 19.7 Å². The maximum atomic E-state index is 10.5. The molecule has 1 unspecified atom stereocenters. The molecule has 0 saturated heterocycles. The first-order valence-corrected chi connectivity index (χ1v) is 7.40. The molecule has 1 aliphatic heterocycles. The molecule has 3 rings (SSSR count). The Bertz CT molecular complexity index is 612. The number of aryl methyl sites for hydroxylation is 1. The highest BCUT2D eigenvalue weighted by atomic mass is 16.5. The highest BCUT2D eigenvalue weighted by Crippen LogP contribution is 2.24. The summed E-state index contributed by atoms with van der Waals surface area (Å²) < 4.78 is 5.77. The fourth-order valence-corrected chi connectivity index (χ4v) is 2.84. The molecule has 1 N–H and O–H groups in total. The molecule has 3 nitrogen and oxygen atoms in total. The fraction of sp³-hybridized carbons (Fsp3) is 0.333. The summed E-state index contributed by atoms with van der Waals surface area (Å²) >= 11 is 0. The molecule has 110 valence electrons. The summed E-state index contributed by atoms with van der Waals surface area (Å²) in [5.74, 6) is 0.963. The minimum absolute atomic E-state index is 0.462. The highest BCUT2D eigenvalue weighted by molar-refractivity contribution is 5.34. The van der Waals surface area contributed by atoms with E-state index in [4.69, 9.17) is 4.74 Å². The van der Waals surface area contributed by atoms with Crippen molar-refractivity contribution in [1.29, 1.82) is 0 Å². The van der Waals surface area contributed by atoms with Crippen LogP contribution < -0.4 is 4.74 Å². The molecule has 21 heavy (non-hydrogen) atoms. The minimum atomic E-state index is -0.462. The van der Waals surface area contributed by atoms with Gasteiger partial charge in [-0.1, -0.05) is 42.5 Å². The second-order valence-corrected chi connectivity index (χ2v) is 5.56. The Kier molecular flexibility index (Phi) is 4.23. The summed E-state index contributed by atoms with van der Waals surface area (Å²) in [6.07, 6.45) is -0.462. The van der Waals surface area contributed by atoms with Crippen LogP contribution in [-0.2, 0) is 6.54 Å². The molecule has 3 heteroatoms. The lowest BCUT2D eigenvalue weighted by Gasteiger charge is -2.23. The van der Waals surface area contributed by atoms with Gasteiger partial charge in [0.1, 0.15) is 12.4 Å². The van der Waals surface area contributed by atoms with Crippen LogP contribution in [0.1, 0.15) is 22.8 Å². The summed E-state index contributed by atoms with van der Waals surface area (Å²) in [6, 6.07) is 16.2. The molecule has 0 bridgehead atoms. The number of ether oxygens (including phenoxy) is 1. The first kappa shape index (κ1) is 14.1. The number of benzene rings is 2. The number of aliphatic hydroxyl groups is 1. The van der Waals surface area contributed by atoms with Gasteiger partial charge in [-0.2, -0.15) is 0 Å². The quantitative estimate of drug-likeness (QED) is 0.940. The number of hydrogen-bond donors (Lipinski definition) is 1. The molecule has 1 aliphatic rings. The van der Waals surface area contributed by atoms with Gasteiger partial charge >= 0.3 is 0 Å². The van der Waals surface area contributed by atoms with E-state index >= 15 is 0 Å². The Morgan fingerprint density at radius 3 is 2.76 bits per heavy atom. The van der Waals surface area contributed by atoms with Crippen molar-refractivity contribution in [2.45, 2.75) is 19.6 Å². The largest absolute Gasteiger partial charge is 0.492 e. The molecule has 1 heterocycles. The van der Waals surface area contributed by atoms with Gasteiger partial charge in [-0.3, -0.25) is 4.90 Å². The summed E-state index contributed by atoms with van der Waals surface area (Å²) in [4.78, 5) is 2.25. The Labute approximate surface area is 125 Å². The number of rotatable bonds is 3. The second-order valence-electron chi connectivity index (χ2n) is 5.56. The van der Waals surface area contributed by atoms with Gasteiger partial charge in [0.2, 0.25) is 0 Å². The molecule has 0 spiro atoms. The molecular weight excluding hydrogens is 262 g/mol. The number of fused-ring (bicyclic) bond motifs is 1. The number of aliphatic hydroxyl groups excluding tert-OH is 1. The first-order valence-electron chi connectivity index (χ1n) is 7.40. The highest BCUT2D eigenvalue weighted by Gasteiger charge is 2.19. The maximum Gasteiger partial charge on any atom is 0.123 e. The lowest BCUT2D eigenvalue weighted by atomic mass is 10.0. The van der Waals surface area contributed by atoms with Crippen LogP contribution in [0.15, 0.2) is 48.5 Å². The molecule has 2 aromatic rings. The molecule has 1 atom stereocenters. The van der Waals surface area contributed by atoms with E-state index in [1.54, 1.807) is 0 Å².